The molecule has 2 rings (SSSR count). The van der Waals surface area contributed by atoms with E-state index >= 15 is 0 Å². The summed E-state index contributed by atoms with van der Waals surface area (Å²) in [6.07, 6.45) is 0. The molecule has 3 heteroatoms. The number of hydrogen-bond acceptors (Lipinski definition) is 2. The minimum atomic E-state index is -0.168. The van der Waals surface area contributed by atoms with Crippen molar-refractivity contribution in [3.05, 3.63) is 40.9 Å². The average molecular weight is 196 g/mol. The molecule has 0 amide bonds. The minimum absolute atomic E-state index is 0.168. The third-order valence-electron chi connectivity index (χ3n) is 2.01. The fraction of sp³-hybridized carbons (Fsp3) is 0.300. The van der Waals surface area contributed by atoms with Crippen molar-refractivity contribution in [2.45, 2.75) is 0 Å². The lowest BCUT2D eigenvalue weighted by Gasteiger charge is -2.21. The molecule has 0 bridgehead atoms. The smallest absolute Gasteiger partial charge is 0.123 e. The SMILES string of the molecule is Fc1ccc([C]2CNCCS2)cc1. The maximum absolute atomic E-state index is 12.6. The molecule has 1 aliphatic heterocycles. The Morgan fingerprint density at radius 3 is 2.62 bits per heavy atom. The number of hydrogen-bond donors (Lipinski definition) is 1. The number of rotatable bonds is 1. The molecule has 0 spiro atoms. The van der Waals surface area contributed by atoms with Gasteiger partial charge >= 0.3 is 0 Å². The number of halogens is 1. The van der Waals surface area contributed by atoms with Gasteiger partial charge < -0.3 is 5.32 Å². The molecule has 13 heavy (non-hydrogen) atoms. The summed E-state index contributed by atoms with van der Waals surface area (Å²) in [4.78, 5) is 0. The van der Waals surface area contributed by atoms with Gasteiger partial charge in [-0.05, 0) is 17.7 Å². The Morgan fingerprint density at radius 2 is 2.00 bits per heavy atom. The monoisotopic (exact) mass is 196 g/mol. The maximum Gasteiger partial charge on any atom is 0.123 e. The molecular formula is C10H11FNS. The van der Waals surface area contributed by atoms with Crippen molar-refractivity contribution >= 4 is 11.8 Å². The van der Waals surface area contributed by atoms with Gasteiger partial charge in [-0.3, -0.25) is 0 Å². The van der Waals surface area contributed by atoms with Gasteiger partial charge in [0.25, 0.3) is 0 Å². The lowest BCUT2D eigenvalue weighted by atomic mass is 10.1. The summed E-state index contributed by atoms with van der Waals surface area (Å²) in [6.45, 7) is 1.98. The van der Waals surface area contributed by atoms with Crippen LogP contribution >= 0.6 is 11.8 Å². The van der Waals surface area contributed by atoms with Crippen molar-refractivity contribution in [3.63, 3.8) is 0 Å². The van der Waals surface area contributed by atoms with Crippen LogP contribution in [0.15, 0.2) is 24.3 Å². The summed E-state index contributed by atoms with van der Waals surface area (Å²) in [5, 5.41) is 4.61. The fourth-order valence-electron chi connectivity index (χ4n) is 1.32. The third kappa shape index (κ3) is 2.23. The predicted molar refractivity (Wildman–Crippen MR) is 54.1 cm³/mol. The zero-order chi connectivity index (χ0) is 9.10. The van der Waals surface area contributed by atoms with Gasteiger partial charge in [-0.1, -0.05) is 12.1 Å². The summed E-state index contributed by atoms with van der Waals surface area (Å²) in [5.74, 6) is 0.935. The van der Waals surface area contributed by atoms with Gasteiger partial charge in [0.05, 0.1) is 5.25 Å². The van der Waals surface area contributed by atoms with Gasteiger partial charge in [0.15, 0.2) is 0 Å². The minimum Gasteiger partial charge on any atom is -0.314 e. The van der Waals surface area contributed by atoms with E-state index < -0.39 is 0 Å². The molecule has 1 fully saturated rings. The zero-order valence-electron chi connectivity index (χ0n) is 7.22. The third-order valence-corrected chi connectivity index (χ3v) is 3.14. The van der Waals surface area contributed by atoms with Gasteiger partial charge in [-0.2, -0.15) is 0 Å². The van der Waals surface area contributed by atoms with Crippen molar-refractivity contribution in [1.29, 1.82) is 0 Å². The normalized spacial score (nSPS) is 18.8. The van der Waals surface area contributed by atoms with E-state index in [1.807, 2.05) is 23.9 Å². The molecule has 1 N–H and O–H groups in total. The summed E-state index contributed by atoms with van der Waals surface area (Å²) in [6, 6.07) is 6.70. The molecule has 1 nitrogen and oxygen atoms in total. The summed E-state index contributed by atoms with van der Waals surface area (Å²) in [7, 11) is 0. The van der Waals surface area contributed by atoms with Crippen molar-refractivity contribution in [3.8, 4) is 0 Å². The van der Waals surface area contributed by atoms with E-state index in [0.717, 1.165) is 24.4 Å². The second kappa shape index (κ2) is 4.11. The van der Waals surface area contributed by atoms with Crippen molar-refractivity contribution < 1.29 is 4.39 Å². The molecule has 1 aliphatic rings. The van der Waals surface area contributed by atoms with Crippen molar-refractivity contribution in [1.82, 2.24) is 5.32 Å². The largest absolute Gasteiger partial charge is 0.314 e. The molecule has 0 aromatic heterocycles. The van der Waals surface area contributed by atoms with Crippen LogP contribution < -0.4 is 5.32 Å². The first-order valence-corrected chi connectivity index (χ1v) is 5.30. The maximum atomic E-state index is 12.6. The molecule has 0 atom stereocenters. The number of thioether (sulfide) groups is 1. The van der Waals surface area contributed by atoms with Crippen LogP contribution in [0, 0.1) is 11.1 Å². The highest BCUT2D eigenvalue weighted by Gasteiger charge is 2.15. The van der Waals surface area contributed by atoms with E-state index in [0.29, 0.717) is 0 Å². The second-order valence-corrected chi connectivity index (χ2v) is 4.15. The van der Waals surface area contributed by atoms with Crippen LogP contribution in [0.1, 0.15) is 5.56 Å². The molecule has 1 aromatic rings. The van der Waals surface area contributed by atoms with Gasteiger partial charge in [-0.25, -0.2) is 4.39 Å². The second-order valence-electron chi connectivity index (χ2n) is 2.96. The van der Waals surface area contributed by atoms with E-state index in [4.69, 9.17) is 0 Å². The highest BCUT2D eigenvalue weighted by Crippen LogP contribution is 2.28. The van der Waals surface area contributed by atoms with E-state index in [1.165, 1.54) is 17.4 Å². The van der Waals surface area contributed by atoms with Crippen LogP contribution in [0.2, 0.25) is 0 Å². The first-order chi connectivity index (χ1) is 6.36. The molecule has 0 unspecified atom stereocenters. The molecule has 0 saturated carbocycles. The Labute approximate surface area is 81.7 Å². The highest BCUT2D eigenvalue weighted by atomic mass is 32.2. The number of nitrogens with one attached hydrogen (secondary N) is 1. The lowest BCUT2D eigenvalue weighted by Crippen LogP contribution is -2.28. The Hall–Kier alpha value is -0.540. The van der Waals surface area contributed by atoms with Crippen LogP contribution in [0.4, 0.5) is 4.39 Å². The van der Waals surface area contributed by atoms with Crippen LogP contribution in [0.3, 0.4) is 0 Å². The topological polar surface area (TPSA) is 12.0 Å². The lowest BCUT2D eigenvalue weighted by molar-refractivity contribution is 0.627. The summed E-state index contributed by atoms with van der Waals surface area (Å²) in [5.41, 5.74) is 1.14. The average Bonchev–Trinajstić information content (AvgIpc) is 2.20. The first-order valence-electron chi connectivity index (χ1n) is 4.31. The Kier molecular flexibility index (Phi) is 2.86. The number of benzene rings is 1. The molecule has 0 aliphatic carbocycles. The molecule has 1 saturated heterocycles. The van der Waals surface area contributed by atoms with E-state index in [1.54, 1.807) is 0 Å². The van der Waals surface area contributed by atoms with E-state index in [9.17, 15) is 4.39 Å². The molecular weight excluding hydrogens is 185 g/mol. The zero-order valence-corrected chi connectivity index (χ0v) is 8.03. The molecule has 69 valence electrons. The van der Waals surface area contributed by atoms with Crippen LogP contribution in [-0.2, 0) is 0 Å². The van der Waals surface area contributed by atoms with E-state index in [2.05, 4.69) is 5.32 Å². The van der Waals surface area contributed by atoms with Gasteiger partial charge in [0.2, 0.25) is 0 Å². The van der Waals surface area contributed by atoms with Crippen LogP contribution in [0.25, 0.3) is 0 Å². The molecule has 1 heterocycles. The van der Waals surface area contributed by atoms with Crippen LogP contribution in [0.5, 0.6) is 0 Å². The van der Waals surface area contributed by atoms with Gasteiger partial charge in [0, 0.05) is 18.8 Å². The van der Waals surface area contributed by atoms with E-state index in [-0.39, 0.29) is 5.82 Å². The fourth-order valence-corrected chi connectivity index (χ4v) is 2.32. The molecule has 1 aromatic carbocycles. The van der Waals surface area contributed by atoms with Crippen LogP contribution in [-0.4, -0.2) is 18.8 Å². The standard InChI is InChI=1S/C10H11FNS/c11-9-3-1-8(2-4-9)10-7-12-5-6-13-10/h1-4,12H,5-7H2. The first kappa shape index (κ1) is 9.03. The van der Waals surface area contributed by atoms with Crippen molar-refractivity contribution in [2.24, 2.45) is 0 Å². The molecule has 1 radical (unpaired) electrons. The summed E-state index contributed by atoms with van der Waals surface area (Å²) >= 11 is 1.85. The Balaban J connectivity index is 2.10. The quantitative estimate of drug-likeness (QED) is 0.737. The Morgan fingerprint density at radius 1 is 1.23 bits per heavy atom. The summed E-state index contributed by atoms with van der Waals surface area (Å²) < 4.78 is 12.6. The Bertz CT molecular complexity index is 267. The predicted octanol–water partition coefficient (Wildman–Crippen LogP) is 2.04. The van der Waals surface area contributed by atoms with Crippen molar-refractivity contribution in [2.75, 3.05) is 18.8 Å². The van der Waals surface area contributed by atoms with Gasteiger partial charge in [-0.15, -0.1) is 11.8 Å². The highest BCUT2D eigenvalue weighted by molar-refractivity contribution is 8.02. The van der Waals surface area contributed by atoms with Gasteiger partial charge in [0.1, 0.15) is 5.82 Å².